The Morgan fingerprint density at radius 2 is 1.91 bits per heavy atom. The highest BCUT2D eigenvalue weighted by atomic mass is 16.5. The molecule has 3 heteroatoms. The minimum absolute atomic E-state index is 0.118. The van der Waals surface area contributed by atoms with E-state index in [9.17, 15) is 4.79 Å². The van der Waals surface area contributed by atoms with Gasteiger partial charge in [0.2, 0.25) is 0 Å². The molecule has 0 unspecified atom stereocenters. The lowest BCUT2D eigenvalue weighted by Crippen LogP contribution is -2.19. The van der Waals surface area contributed by atoms with Crippen molar-refractivity contribution >= 4 is 27.6 Å². The van der Waals surface area contributed by atoms with Crippen LogP contribution in [0.3, 0.4) is 0 Å². The van der Waals surface area contributed by atoms with Gasteiger partial charge in [-0.1, -0.05) is 24.3 Å². The van der Waals surface area contributed by atoms with Crippen LogP contribution in [0.25, 0.3) is 21.8 Å². The van der Waals surface area contributed by atoms with Gasteiger partial charge in [-0.3, -0.25) is 4.79 Å². The van der Waals surface area contributed by atoms with Crippen LogP contribution in [0.4, 0.5) is 0 Å². The summed E-state index contributed by atoms with van der Waals surface area (Å²) in [7, 11) is 0. The zero-order chi connectivity index (χ0) is 16.0. The second-order valence-corrected chi connectivity index (χ2v) is 6.47. The van der Waals surface area contributed by atoms with E-state index in [1.807, 2.05) is 6.07 Å². The van der Waals surface area contributed by atoms with Crippen molar-refractivity contribution in [3.8, 4) is 0 Å². The molecule has 0 saturated carbocycles. The van der Waals surface area contributed by atoms with Gasteiger partial charge in [0, 0.05) is 41.1 Å². The van der Waals surface area contributed by atoms with Crippen LogP contribution in [0.15, 0.2) is 36.4 Å². The summed E-state index contributed by atoms with van der Waals surface area (Å²) < 4.78 is 7.98. The first-order chi connectivity index (χ1) is 11.2. The summed E-state index contributed by atoms with van der Waals surface area (Å²) >= 11 is 0. The zero-order valence-corrected chi connectivity index (χ0v) is 13.6. The average Bonchev–Trinajstić information content (AvgIpc) is 2.90. The number of fused-ring (bicyclic) bond motifs is 3. The predicted molar refractivity (Wildman–Crippen MR) is 93.3 cm³/mol. The summed E-state index contributed by atoms with van der Waals surface area (Å²) in [5, 5.41) is 2.55. The molecule has 3 aromatic rings. The highest BCUT2D eigenvalue weighted by Crippen LogP contribution is 2.37. The van der Waals surface area contributed by atoms with Crippen LogP contribution in [0.1, 0.15) is 41.7 Å². The number of ether oxygens (including phenoxy) is 1. The lowest BCUT2D eigenvalue weighted by Gasteiger charge is -2.25. The predicted octanol–water partition coefficient (Wildman–Crippen LogP) is 4.66. The second-order valence-electron chi connectivity index (χ2n) is 6.47. The van der Waals surface area contributed by atoms with Crippen LogP contribution >= 0.6 is 0 Å². The van der Waals surface area contributed by atoms with E-state index in [-0.39, 0.29) is 5.78 Å². The van der Waals surface area contributed by atoms with E-state index in [0.29, 0.717) is 6.04 Å². The van der Waals surface area contributed by atoms with E-state index < -0.39 is 0 Å². The van der Waals surface area contributed by atoms with Crippen molar-refractivity contribution < 1.29 is 9.53 Å². The number of carbonyl (C=O) groups excluding carboxylic acids is 1. The molecule has 0 aliphatic carbocycles. The summed E-state index contributed by atoms with van der Waals surface area (Å²) in [5.74, 6) is 0.118. The Bertz CT molecular complexity index is 901. The maximum atomic E-state index is 11.8. The van der Waals surface area contributed by atoms with Gasteiger partial charge in [-0.05, 0) is 44.4 Å². The first-order valence-electron chi connectivity index (χ1n) is 8.29. The molecule has 23 heavy (non-hydrogen) atoms. The molecule has 2 aromatic carbocycles. The molecule has 0 radical (unpaired) electrons. The van der Waals surface area contributed by atoms with Crippen LogP contribution in [-0.2, 0) is 4.74 Å². The molecular weight excluding hydrogens is 286 g/mol. The van der Waals surface area contributed by atoms with Crippen LogP contribution in [0.2, 0.25) is 0 Å². The van der Waals surface area contributed by atoms with E-state index >= 15 is 0 Å². The summed E-state index contributed by atoms with van der Waals surface area (Å²) in [6.07, 6.45) is 2.05. The van der Waals surface area contributed by atoms with Gasteiger partial charge in [-0.25, -0.2) is 0 Å². The van der Waals surface area contributed by atoms with Gasteiger partial charge >= 0.3 is 0 Å². The van der Waals surface area contributed by atoms with Gasteiger partial charge in [0.25, 0.3) is 0 Å². The Labute approximate surface area is 135 Å². The highest BCUT2D eigenvalue weighted by molar-refractivity contribution is 6.11. The number of aryl methyl sites for hydroxylation is 1. The van der Waals surface area contributed by atoms with Crippen molar-refractivity contribution in [3.63, 3.8) is 0 Å². The Balaban J connectivity index is 2.08. The van der Waals surface area contributed by atoms with Gasteiger partial charge in [0.05, 0.1) is 5.52 Å². The molecule has 3 nitrogen and oxygen atoms in total. The third-order valence-corrected chi connectivity index (χ3v) is 5.00. The molecule has 1 fully saturated rings. The molecule has 1 aliphatic heterocycles. The molecule has 0 atom stereocenters. The molecule has 1 aliphatic rings. The molecule has 0 amide bonds. The average molecular weight is 307 g/mol. The second kappa shape index (κ2) is 5.50. The van der Waals surface area contributed by atoms with Crippen LogP contribution in [-0.4, -0.2) is 23.6 Å². The fourth-order valence-electron chi connectivity index (χ4n) is 3.83. The maximum absolute atomic E-state index is 11.8. The van der Waals surface area contributed by atoms with E-state index in [1.165, 1.54) is 27.4 Å². The van der Waals surface area contributed by atoms with E-state index in [4.69, 9.17) is 4.74 Å². The van der Waals surface area contributed by atoms with Gasteiger partial charge in [0.1, 0.15) is 0 Å². The van der Waals surface area contributed by atoms with E-state index in [2.05, 4.69) is 41.8 Å². The number of carbonyl (C=O) groups is 1. The zero-order valence-electron chi connectivity index (χ0n) is 13.6. The Morgan fingerprint density at radius 3 is 2.65 bits per heavy atom. The normalized spacial score (nSPS) is 16.3. The van der Waals surface area contributed by atoms with Crippen molar-refractivity contribution in [1.29, 1.82) is 0 Å². The van der Waals surface area contributed by atoms with Crippen LogP contribution < -0.4 is 0 Å². The first kappa shape index (κ1) is 14.5. The number of Topliss-reactive ketones (excluding diaryl/α,β-unsaturated/α-hetero) is 1. The Hall–Kier alpha value is -2.13. The smallest absolute Gasteiger partial charge is 0.159 e. The number of benzene rings is 2. The SMILES string of the molecule is CC(=O)c1ccc2c3c(C)cccc3n(C3CCOCC3)c2c1. The van der Waals surface area contributed by atoms with Gasteiger partial charge in [0.15, 0.2) is 5.78 Å². The summed E-state index contributed by atoms with van der Waals surface area (Å²) in [4.78, 5) is 11.8. The van der Waals surface area contributed by atoms with Crippen LogP contribution in [0, 0.1) is 6.92 Å². The van der Waals surface area contributed by atoms with E-state index in [1.54, 1.807) is 6.92 Å². The summed E-state index contributed by atoms with van der Waals surface area (Å²) in [5.41, 5.74) is 4.52. The molecule has 4 rings (SSSR count). The number of ketones is 1. The van der Waals surface area contributed by atoms with Gasteiger partial charge in [-0.2, -0.15) is 0 Å². The molecular formula is C20H21NO2. The third-order valence-electron chi connectivity index (χ3n) is 5.00. The number of hydrogen-bond donors (Lipinski definition) is 0. The van der Waals surface area contributed by atoms with Gasteiger partial charge < -0.3 is 9.30 Å². The monoisotopic (exact) mass is 307 g/mol. The maximum Gasteiger partial charge on any atom is 0.159 e. The molecule has 1 saturated heterocycles. The molecule has 0 N–H and O–H groups in total. The van der Waals surface area contributed by atoms with Crippen molar-refractivity contribution in [2.75, 3.05) is 13.2 Å². The third kappa shape index (κ3) is 2.27. The lowest BCUT2D eigenvalue weighted by atomic mass is 10.1. The Kier molecular flexibility index (Phi) is 3.46. The van der Waals surface area contributed by atoms with E-state index in [0.717, 1.165) is 31.6 Å². The molecule has 2 heterocycles. The van der Waals surface area contributed by atoms with Crippen molar-refractivity contribution in [2.45, 2.75) is 32.7 Å². The summed E-state index contributed by atoms with van der Waals surface area (Å²) in [6.45, 7) is 5.41. The number of hydrogen-bond acceptors (Lipinski definition) is 2. The largest absolute Gasteiger partial charge is 0.381 e. The van der Waals surface area contributed by atoms with Crippen molar-refractivity contribution in [2.24, 2.45) is 0 Å². The van der Waals surface area contributed by atoms with Gasteiger partial charge in [-0.15, -0.1) is 0 Å². The lowest BCUT2D eigenvalue weighted by molar-refractivity contribution is 0.0717. The molecule has 0 spiro atoms. The van der Waals surface area contributed by atoms with Crippen LogP contribution in [0.5, 0.6) is 0 Å². The minimum Gasteiger partial charge on any atom is -0.381 e. The highest BCUT2D eigenvalue weighted by Gasteiger charge is 2.22. The molecule has 118 valence electrons. The fourth-order valence-corrected chi connectivity index (χ4v) is 3.83. The van der Waals surface area contributed by atoms with Crippen molar-refractivity contribution in [3.05, 3.63) is 47.5 Å². The molecule has 1 aromatic heterocycles. The number of aromatic nitrogens is 1. The standard InChI is InChI=1S/C20H21NO2/c1-13-4-3-5-18-20(13)17-7-6-15(14(2)22)12-19(17)21(18)16-8-10-23-11-9-16/h3-7,12,16H,8-11H2,1-2H3. The van der Waals surface area contributed by atoms with Crippen molar-refractivity contribution in [1.82, 2.24) is 4.57 Å². The summed E-state index contributed by atoms with van der Waals surface area (Å²) in [6, 6.07) is 13.0. The molecule has 0 bridgehead atoms. The Morgan fingerprint density at radius 1 is 1.13 bits per heavy atom. The fraction of sp³-hybridized carbons (Fsp3) is 0.350. The first-order valence-corrected chi connectivity index (χ1v) is 8.29. The number of rotatable bonds is 2. The minimum atomic E-state index is 0.118. The quantitative estimate of drug-likeness (QED) is 0.645. The topological polar surface area (TPSA) is 31.2 Å². The number of nitrogens with zero attached hydrogens (tertiary/aromatic N) is 1.